The summed E-state index contributed by atoms with van der Waals surface area (Å²) in [5.74, 6) is -0.0990. The first-order valence-electron chi connectivity index (χ1n) is 10.2. The van der Waals surface area contributed by atoms with Crippen molar-refractivity contribution in [1.82, 2.24) is 0 Å². The van der Waals surface area contributed by atoms with Gasteiger partial charge in [0.2, 0.25) is 0 Å². The van der Waals surface area contributed by atoms with E-state index in [9.17, 15) is 15.2 Å². The van der Waals surface area contributed by atoms with E-state index in [2.05, 4.69) is 12.6 Å². The Labute approximate surface area is 181 Å². The van der Waals surface area contributed by atoms with Gasteiger partial charge in [-0.05, 0) is 73.7 Å². The van der Waals surface area contributed by atoms with Crippen LogP contribution < -0.4 is 5.01 Å². The van der Waals surface area contributed by atoms with Crippen molar-refractivity contribution in [3.05, 3.63) is 89.4 Å². The van der Waals surface area contributed by atoms with Crippen LogP contribution in [0.25, 0.3) is 0 Å². The van der Waals surface area contributed by atoms with E-state index in [4.69, 9.17) is 9.52 Å². The molecule has 1 aromatic heterocycles. The minimum absolute atomic E-state index is 0.0408. The fourth-order valence-electron chi connectivity index (χ4n) is 4.18. The van der Waals surface area contributed by atoms with Crippen molar-refractivity contribution in [2.24, 2.45) is 11.0 Å². The molecule has 2 heterocycles. The lowest BCUT2D eigenvalue weighted by Gasteiger charge is -2.27. The number of carbonyl (C=O) groups is 1. The van der Waals surface area contributed by atoms with Gasteiger partial charge in [-0.3, -0.25) is 5.01 Å². The van der Waals surface area contributed by atoms with E-state index in [-0.39, 0.29) is 17.5 Å². The maximum Gasteiger partial charge on any atom is 0.335 e. The number of anilines is 1. The van der Waals surface area contributed by atoms with E-state index in [0.717, 1.165) is 35.6 Å². The highest BCUT2D eigenvalue weighted by molar-refractivity contribution is 6.06. The summed E-state index contributed by atoms with van der Waals surface area (Å²) >= 11 is 0. The van der Waals surface area contributed by atoms with Crippen LogP contribution in [0.4, 0.5) is 5.69 Å². The van der Waals surface area contributed by atoms with E-state index in [1.165, 1.54) is 0 Å². The van der Waals surface area contributed by atoms with Gasteiger partial charge in [0.15, 0.2) is 0 Å². The maximum absolute atomic E-state index is 11.5. The highest BCUT2D eigenvalue weighted by Crippen LogP contribution is 2.43. The van der Waals surface area contributed by atoms with Crippen LogP contribution in [-0.2, 0) is 4.79 Å². The number of carboxylic acid groups (broad SMARTS) is 1. The number of hydrogen-bond acceptors (Lipinski definition) is 5. The molecule has 0 bridgehead atoms. The summed E-state index contributed by atoms with van der Waals surface area (Å²) in [4.78, 5) is 11.5. The quantitative estimate of drug-likeness (QED) is 0.737. The Morgan fingerprint density at radius 1 is 1.35 bits per heavy atom. The molecule has 2 atom stereocenters. The predicted octanol–water partition coefficient (Wildman–Crippen LogP) is 5.30. The van der Waals surface area contributed by atoms with Gasteiger partial charge in [0.1, 0.15) is 11.8 Å². The molecule has 0 spiro atoms. The lowest BCUT2D eigenvalue weighted by Crippen LogP contribution is -2.25. The van der Waals surface area contributed by atoms with Crippen LogP contribution in [0.1, 0.15) is 42.2 Å². The minimum Gasteiger partial charge on any atom is -0.478 e. The van der Waals surface area contributed by atoms with E-state index in [0.29, 0.717) is 17.6 Å². The number of aryl methyl sites for hydroxylation is 1. The molecule has 6 heteroatoms. The van der Waals surface area contributed by atoms with Crippen molar-refractivity contribution < 1.29 is 14.3 Å². The van der Waals surface area contributed by atoms with Gasteiger partial charge in [-0.25, -0.2) is 4.79 Å². The van der Waals surface area contributed by atoms with E-state index in [1.807, 2.05) is 36.2 Å². The lowest BCUT2D eigenvalue weighted by molar-refractivity contribution is -0.132. The largest absolute Gasteiger partial charge is 0.478 e. The second-order valence-electron chi connectivity index (χ2n) is 7.76. The highest BCUT2D eigenvalue weighted by atomic mass is 16.4. The molecule has 2 aromatic rings. The van der Waals surface area contributed by atoms with E-state index < -0.39 is 5.97 Å². The second kappa shape index (κ2) is 8.49. The van der Waals surface area contributed by atoms with Crippen molar-refractivity contribution >= 4 is 17.4 Å². The summed E-state index contributed by atoms with van der Waals surface area (Å²) in [5.41, 5.74) is 4.15. The van der Waals surface area contributed by atoms with Gasteiger partial charge >= 0.3 is 5.97 Å². The van der Waals surface area contributed by atoms with Gasteiger partial charge in [0, 0.05) is 5.92 Å². The average molecular weight is 413 g/mol. The molecule has 0 radical (unpaired) electrons. The first-order valence-corrected chi connectivity index (χ1v) is 10.2. The van der Waals surface area contributed by atoms with Crippen molar-refractivity contribution in [2.75, 3.05) is 5.01 Å². The molecule has 0 saturated carbocycles. The number of carboxylic acids is 1. The predicted molar refractivity (Wildman–Crippen MR) is 119 cm³/mol. The average Bonchev–Trinajstić information content (AvgIpc) is 3.40. The Morgan fingerprint density at radius 2 is 2.19 bits per heavy atom. The number of aliphatic carboxylic acids is 1. The monoisotopic (exact) mass is 413 g/mol. The van der Waals surface area contributed by atoms with Crippen LogP contribution in [0, 0.1) is 24.2 Å². The summed E-state index contributed by atoms with van der Waals surface area (Å²) in [5, 5.41) is 25.5. The van der Waals surface area contributed by atoms with Crippen LogP contribution in [0.3, 0.4) is 0 Å². The van der Waals surface area contributed by atoms with Crippen LogP contribution in [0.5, 0.6) is 0 Å². The number of nitrogens with zero attached hydrogens (tertiary/aromatic N) is 3. The maximum atomic E-state index is 11.5. The van der Waals surface area contributed by atoms with Gasteiger partial charge in [0.25, 0.3) is 0 Å². The number of hydrogen-bond donors (Lipinski definition) is 1. The molecule has 2 aliphatic rings. The smallest absolute Gasteiger partial charge is 0.335 e. The zero-order chi connectivity index (χ0) is 22.0. The first kappa shape index (κ1) is 20.4. The molecule has 2 unspecified atom stereocenters. The standard InChI is InChI=1S/C25H23N3O3/c1-16-9-10-18(25(29)30)6-3-4-7-21-23(16)27-28(24(21)22-8-5-13-31-22)20-12-11-19(15-26)17(2)14-20/h5-6,8-14,21,24H,1,3-4,7H2,2H3,(H,29,30)/b10-9-,18-6+. The number of benzene rings is 1. The Hall–Kier alpha value is -3.85. The summed E-state index contributed by atoms with van der Waals surface area (Å²) in [6, 6.07) is 11.5. The normalized spacial score (nSPS) is 23.9. The molecule has 1 aliphatic heterocycles. The first-order chi connectivity index (χ1) is 15.0. The number of furan rings is 1. The molecule has 1 aromatic carbocycles. The van der Waals surface area contributed by atoms with Crippen LogP contribution in [0.15, 0.2) is 82.1 Å². The zero-order valence-corrected chi connectivity index (χ0v) is 17.3. The SMILES string of the molecule is C=C1/C=C\C(C(=O)O)=C/CCCC2C1=NN(c1ccc(C#N)c(C)c1)C2c1ccco1. The molecule has 1 aliphatic carbocycles. The van der Waals surface area contributed by atoms with Gasteiger partial charge < -0.3 is 9.52 Å². The number of nitriles is 1. The fraction of sp³-hybridized carbons (Fsp3) is 0.240. The van der Waals surface area contributed by atoms with Crippen molar-refractivity contribution in [3.63, 3.8) is 0 Å². The third-order valence-electron chi connectivity index (χ3n) is 5.76. The Bertz CT molecular complexity index is 1150. The zero-order valence-electron chi connectivity index (χ0n) is 17.3. The van der Waals surface area contributed by atoms with Gasteiger partial charge in [-0.1, -0.05) is 18.7 Å². The van der Waals surface area contributed by atoms with Crippen molar-refractivity contribution in [1.29, 1.82) is 5.26 Å². The van der Waals surface area contributed by atoms with Gasteiger partial charge in [0.05, 0.1) is 34.9 Å². The Balaban J connectivity index is 1.79. The fourth-order valence-corrected chi connectivity index (χ4v) is 4.18. The summed E-state index contributed by atoms with van der Waals surface area (Å²) in [6.45, 7) is 6.08. The van der Waals surface area contributed by atoms with E-state index >= 15 is 0 Å². The molecule has 6 nitrogen and oxygen atoms in total. The van der Waals surface area contributed by atoms with Crippen LogP contribution >= 0.6 is 0 Å². The molecule has 4 rings (SSSR count). The molecular formula is C25H23N3O3. The van der Waals surface area contributed by atoms with Gasteiger partial charge in [-0.15, -0.1) is 0 Å². The second-order valence-corrected chi connectivity index (χ2v) is 7.76. The lowest BCUT2D eigenvalue weighted by atomic mass is 9.85. The Morgan fingerprint density at radius 3 is 2.87 bits per heavy atom. The van der Waals surface area contributed by atoms with E-state index in [1.54, 1.807) is 30.6 Å². The Kier molecular flexibility index (Phi) is 5.59. The summed E-state index contributed by atoms with van der Waals surface area (Å²) < 4.78 is 5.80. The molecular weight excluding hydrogens is 390 g/mol. The number of rotatable bonds is 3. The van der Waals surface area contributed by atoms with Crippen LogP contribution in [-0.4, -0.2) is 16.8 Å². The molecule has 0 saturated heterocycles. The third-order valence-corrected chi connectivity index (χ3v) is 5.76. The molecule has 0 amide bonds. The summed E-state index contributed by atoms with van der Waals surface area (Å²) in [6.07, 6.45) is 9.03. The molecule has 1 N–H and O–H groups in total. The van der Waals surface area contributed by atoms with Gasteiger partial charge in [-0.2, -0.15) is 10.4 Å². The van der Waals surface area contributed by atoms with Crippen molar-refractivity contribution in [3.8, 4) is 6.07 Å². The number of hydrazone groups is 1. The summed E-state index contributed by atoms with van der Waals surface area (Å²) in [7, 11) is 0. The van der Waals surface area contributed by atoms with Crippen molar-refractivity contribution in [2.45, 2.75) is 32.2 Å². The number of fused-ring (bicyclic) bond motifs is 1. The third kappa shape index (κ3) is 3.95. The highest BCUT2D eigenvalue weighted by Gasteiger charge is 2.41. The molecule has 31 heavy (non-hydrogen) atoms. The minimum atomic E-state index is -0.947. The topological polar surface area (TPSA) is 89.8 Å². The number of allylic oxidation sites excluding steroid dienone is 3. The molecule has 0 fully saturated rings. The molecule has 156 valence electrons. The van der Waals surface area contributed by atoms with Crippen LogP contribution in [0.2, 0.25) is 0 Å².